The topological polar surface area (TPSA) is 46.6 Å². The van der Waals surface area contributed by atoms with Crippen LogP contribution in [0.25, 0.3) is 6.08 Å². The average molecular weight is 388 g/mol. The summed E-state index contributed by atoms with van der Waals surface area (Å²) < 4.78 is 5.75. The Balaban J connectivity index is 1.78. The van der Waals surface area contributed by atoms with E-state index in [0.29, 0.717) is 15.6 Å². The van der Waals surface area contributed by atoms with Crippen molar-refractivity contribution in [2.45, 2.75) is 26.4 Å². The fourth-order valence-electron chi connectivity index (χ4n) is 2.39. The third-order valence-corrected chi connectivity index (χ3v) is 5.09. The Morgan fingerprint density at radius 2 is 1.77 bits per heavy atom. The van der Waals surface area contributed by atoms with Crippen LogP contribution in [-0.4, -0.2) is 17.3 Å². The number of benzene rings is 2. The average Bonchev–Trinajstić information content (AvgIpc) is 2.91. The van der Waals surface area contributed by atoms with Crippen molar-refractivity contribution in [3.63, 3.8) is 0 Å². The number of hydrogen-bond donors (Lipinski definition) is 0. The van der Waals surface area contributed by atoms with Crippen molar-refractivity contribution < 1.29 is 14.3 Å². The van der Waals surface area contributed by atoms with Crippen molar-refractivity contribution in [1.29, 1.82) is 0 Å². The van der Waals surface area contributed by atoms with Crippen molar-refractivity contribution in [2.75, 3.05) is 4.90 Å². The molecule has 134 valence electrons. The summed E-state index contributed by atoms with van der Waals surface area (Å²) in [6.45, 7) is 4.08. The largest absolute Gasteiger partial charge is 0.491 e. The first-order valence-electron chi connectivity index (χ1n) is 8.28. The van der Waals surface area contributed by atoms with Crippen molar-refractivity contribution >= 4 is 46.3 Å². The van der Waals surface area contributed by atoms with Crippen LogP contribution >= 0.6 is 23.4 Å². The highest BCUT2D eigenvalue weighted by atomic mass is 35.5. The maximum absolute atomic E-state index is 12.6. The number of ether oxygens (including phenoxy) is 1. The molecular weight excluding hydrogens is 370 g/mol. The Morgan fingerprint density at radius 1 is 1.12 bits per heavy atom. The smallest absolute Gasteiger partial charge is 0.298 e. The summed E-state index contributed by atoms with van der Waals surface area (Å²) in [7, 11) is 0. The van der Waals surface area contributed by atoms with Crippen molar-refractivity contribution in [3.05, 3.63) is 64.0 Å². The molecule has 0 spiro atoms. The fraction of sp³-hybridized carbons (Fsp3) is 0.200. The molecule has 0 saturated carbocycles. The van der Waals surface area contributed by atoms with E-state index in [1.807, 2.05) is 31.2 Å². The quantitative estimate of drug-likeness (QED) is 0.612. The van der Waals surface area contributed by atoms with Gasteiger partial charge in [-0.1, -0.05) is 30.7 Å². The van der Waals surface area contributed by atoms with Gasteiger partial charge in [-0.05, 0) is 73.1 Å². The van der Waals surface area contributed by atoms with E-state index in [-0.39, 0.29) is 17.3 Å². The number of nitrogens with zero attached hydrogens (tertiary/aromatic N) is 1. The zero-order valence-corrected chi connectivity index (χ0v) is 16.0. The molecule has 1 aliphatic rings. The number of carbonyl (C=O) groups excluding carboxylic acids is 2. The van der Waals surface area contributed by atoms with Crippen LogP contribution in [0.15, 0.2) is 53.4 Å². The number of carbonyl (C=O) groups is 2. The predicted octanol–water partition coefficient (Wildman–Crippen LogP) is 5.76. The summed E-state index contributed by atoms with van der Waals surface area (Å²) in [6.07, 6.45) is 2.80. The summed E-state index contributed by atoms with van der Waals surface area (Å²) in [5.41, 5.74) is 1.35. The highest BCUT2D eigenvalue weighted by molar-refractivity contribution is 8.19. The molecule has 1 fully saturated rings. The number of imide groups is 1. The number of halogens is 1. The highest BCUT2D eigenvalue weighted by Crippen LogP contribution is 2.36. The molecule has 0 aromatic heterocycles. The van der Waals surface area contributed by atoms with Crippen LogP contribution in [0.5, 0.6) is 5.75 Å². The van der Waals surface area contributed by atoms with E-state index in [4.69, 9.17) is 16.3 Å². The third-order valence-electron chi connectivity index (χ3n) is 3.97. The minimum atomic E-state index is -0.331. The zero-order valence-electron chi connectivity index (χ0n) is 14.4. The Kier molecular flexibility index (Phi) is 5.69. The molecule has 1 aliphatic heterocycles. The minimum Gasteiger partial charge on any atom is -0.491 e. The van der Waals surface area contributed by atoms with Crippen molar-refractivity contribution in [3.8, 4) is 5.75 Å². The van der Waals surface area contributed by atoms with E-state index < -0.39 is 0 Å². The van der Waals surface area contributed by atoms with Gasteiger partial charge in [-0.3, -0.25) is 9.59 Å². The summed E-state index contributed by atoms with van der Waals surface area (Å²) in [5, 5.41) is 0.233. The lowest BCUT2D eigenvalue weighted by molar-refractivity contribution is -0.113. The van der Waals surface area contributed by atoms with Gasteiger partial charge in [0.2, 0.25) is 0 Å². The number of hydrogen-bond acceptors (Lipinski definition) is 4. The van der Waals surface area contributed by atoms with E-state index in [1.54, 1.807) is 30.3 Å². The lowest BCUT2D eigenvalue weighted by Crippen LogP contribution is -2.27. The van der Waals surface area contributed by atoms with Gasteiger partial charge in [0.15, 0.2) is 0 Å². The Labute approximate surface area is 161 Å². The van der Waals surface area contributed by atoms with E-state index in [9.17, 15) is 9.59 Å². The van der Waals surface area contributed by atoms with Crippen LogP contribution in [0.1, 0.15) is 25.8 Å². The Morgan fingerprint density at radius 3 is 2.38 bits per heavy atom. The molecule has 0 N–H and O–H groups in total. The summed E-state index contributed by atoms with van der Waals surface area (Å²) in [6, 6.07) is 14.1. The monoisotopic (exact) mass is 387 g/mol. The maximum Gasteiger partial charge on any atom is 0.298 e. The molecule has 1 heterocycles. The number of thioether (sulfide) groups is 1. The molecule has 6 heteroatoms. The van der Waals surface area contributed by atoms with Crippen LogP contribution in [0.2, 0.25) is 5.02 Å². The van der Waals surface area contributed by atoms with Gasteiger partial charge in [-0.25, -0.2) is 4.90 Å². The molecule has 0 bridgehead atoms. The van der Waals surface area contributed by atoms with Gasteiger partial charge in [0.05, 0.1) is 16.7 Å². The van der Waals surface area contributed by atoms with Gasteiger partial charge < -0.3 is 4.74 Å². The molecule has 1 saturated heterocycles. The van der Waals surface area contributed by atoms with Crippen LogP contribution in [0.4, 0.5) is 10.5 Å². The van der Waals surface area contributed by atoms with E-state index in [1.165, 1.54) is 0 Å². The second-order valence-corrected chi connectivity index (χ2v) is 7.33. The SMILES string of the molecule is CC[C@H](C)Oc1ccc(/C=C2/SC(=O)N(c3ccc(Cl)cc3)C2=O)cc1. The van der Waals surface area contributed by atoms with E-state index >= 15 is 0 Å². The summed E-state index contributed by atoms with van der Waals surface area (Å²) >= 11 is 6.79. The standard InChI is InChI=1S/C20H18ClNO3S/c1-3-13(2)25-17-10-4-14(5-11-17)12-18-19(23)22(20(24)26-18)16-8-6-15(21)7-9-16/h4-13H,3H2,1-2H3/b18-12+/t13-/m0/s1. The maximum atomic E-state index is 12.6. The van der Waals surface area contributed by atoms with Crippen LogP contribution in [0.3, 0.4) is 0 Å². The zero-order chi connectivity index (χ0) is 18.7. The van der Waals surface area contributed by atoms with E-state index in [0.717, 1.165) is 34.4 Å². The molecule has 26 heavy (non-hydrogen) atoms. The van der Waals surface area contributed by atoms with Crippen molar-refractivity contribution in [2.24, 2.45) is 0 Å². The van der Waals surface area contributed by atoms with Gasteiger partial charge in [0, 0.05) is 5.02 Å². The lowest BCUT2D eigenvalue weighted by atomic mass is 10.2. The summed E-state index contributed by atoms with van der Waals surface area (Å²) in [5.74, 6) is 0.452. The lowest BCUT2D eigenvalue weighted by Gasteiger charge is -2.12. The first kappa shape index (κ1) is 18.5. The molecule has 1 atom stereocenters. The summed E-state index contributed by atoms with van der Waals surface area (Å²) in [4.78, 5) is 26.4. The van der Waals surface area contributed by atoms with Gasteiger partial charge >= 0.3 is 0 Å². The normalized spacial score (nSPS) is 17.0. The van der Waals surface area contributed by atoms with Crippen molar-refractivity contribution in [1.82, 2.24) is 0 Å². The molecule has 2 amide bonds. The van der Waals surface area contributed by atoms with E-state index in [2.05, 4.69) is 6.92 Å². The molecule has 0 unspecified atom stereocenters. The molecule has 3 rings (SSSR count). The predicted molar refractivity (Wildman–Crippen MR) is 107 cm³/mol. The van der Waals surface area contributed by atoms with Crippen LogP contribution < -0.4 is 9.64 Å². The molecule has 4 nitrogen and oxygen atoms in total. The first-order chi connectivity index (χ1) is 12.5. The highest BCUT2D eigenvalue weighted by Gasteiger charge is 2.36. The number of anilines is 1. The molecule has 2 aromatic carbocycles. The number of rotatable bonds is 5. The molecule has 2 aromatic rings. The third kappa shape index (κ3) is 4.11. The Hall–Kier alpha value is -2.24. The van der Waals surface area contributed by atoms with Gasteiger partial charge in [-0.15, -0.1) is 0 Å². The molecule has 0 radical (unpaired) electrons. The second kappa shape index (κ2) is 7.98. The fourth-order valence-corrected chi connectivity index (χ4v) is 3.36. The van der Waals surface area contributed by atoms with Gasteiger partial charge in [0.1, 0.15) is 5.75 Å². The van der Waals surface area contributed by atoms with Gasteiger partial charge in [-0.2, -0.15) is 0 Å². The molecule has 0 aliphatic carbocycles. The van der Waals surface area contributed by atoms with Gasteiger partial charge in [0.25, 0.3) is 11.1 Å². The second-order valence-electron chi connectivity index (χ2n) is 5.90. The first-order valence-corrected chi connectivity index (χ1v) is 9.47. The molecular formula is C20H18ClNO3S. The minimum absolute atomic E-state index is 0.150. The van der Waals surface area contributed by atoms with Crippen LogP contribution in [0, 0.1) is 0 Å². The van der Waals surface area contributed by atoms with Crippen LogP contribution in [-0.2, 0) is 4.79 Å². The Bertz CT molecular complexity index is 846. The number of amides is 2.